The molecular weight excluding hydrogens is 224 g/mol. The smallest absolute Gasteiger partial charge is 0.305 e. The summed E-state index contributed by atoms with van der Waals surface area (Å²) in [6.45, 7) is 0.689. The number of nitrogens with zero attached hydrogens (tertiary/aromatic N) is 3. The minimum Gasteiger partial charge on any atom is -0.393 e. The van der Waals surface area contributed by atoms with E-state index in [0.29, 0.717) is 18.4 Å². The van der Waals surface area contributed by atoms with Gasteiger partial charge in [-0.25, -0.2) is 9.97 Å². The molecule has 1 heterocycles. The lowest BCUT2D eigenvalue weighted by atomic mass is 10.1. The van der Waals surface area contributed by atoms with Crippen LogP contribution in [0.4, 0.5) is 11.6 Å². The summed E-state index contributed by atoms with van der Waals surface area (Å²) in [6, 6.07) is 0. The molecule has 2 N–H and O–H groups in total. The van der Waals surface area contributed by atoms with Crippen LogP contribution in [0.3, 0.4) is 0 Å². The van der Waals surface area contributed by atoms with Crippen molar-refractivity contribution < 1.29 is 10.0 Å². The van der Waals surface area contributed by atoms with Gasteiger partial charge < -0.3 is 10.4 Å². The third-order valence-corrected chi connectivity index (χ3v) is 2.91. The van der Waals surface area contributed by atoms with Gasteiger partial charge in [0.15, 0.2) is 0 Å². The molecule has 2 rings (SSSR count). The van der Waals surface area contributed by atoms with E-state index in [2.05, 4.69) is 15.3 Å². The SMILES string of the molecule is O=[N+]([O-])c1cnc(NCC2CCC(O)C2)nc1. The zero-order valence-electron chi connectivity index (χ0n) is 9.24. The summed E-state index contributed by atoms with van der Waals surface area (Å²) in [5.41, 5.74) is -0.119. The van der Waals surface area contributed by atoms with Crippen molar-refractivity contribution in [3.8, 4) is 0 Å². The molecule has 0 saturated heterocycles. The minimum absolute atomic E-state index is 0.119. The summed E-state index contributed by atoms with van der Waals surface area (Å²) in [5, 5.41) is 22.8. The third kappa shape index (κ3) is 3.10. The predicted octanol–water partition coefficient (Wildman–Crippen LogP) is 0.958. The largest absolute Gasteiger partial charge is 0.393 e. The number of nitrogens with one attached hydrogen (secondary N) is 1. The van der Waals surface area contributed by atoms with E-state index in [4.69, 9.17) is 0 Å². The molecule has 2 atom stereocenters. The Morgan fingerprint density at radius 2 is 2.18 bits per heavy atom. The predicted molar refractivity (Wildman–Crippen MR) is 60.5 cm³/mol. The molecule has 0 radical (unpaired) electrons. The van der Waals surface area contributed by atoms with Crippen molar-refractivity contribution in [3.05, 3.63) is 22.5 Å². The fourth-order valence-corrected chi connectivity index (χ4v) is 1.98. The molecule has 2 unspecified atom stereocenters. The number of hydrogen-bond acceptors (Lipinski definition) is 6. The van der Waals surface area contributed by atoms with Crippen molar-refractivity contribution in [1.82, 2.24) is 9.97 Å². The Balaban J connectivity index is 1.85. The topological polar surface area (TPSA) is 101 Å². The van der Waals surface area contributed by atoms with Gasteiger partial charge >= 0.3 is 5.69 Å². The highest BCUT2D eigenvalue weighted by molar-refractivity contribution is 5.30. The number of rotatable bonds is 4. The Hall–Kier alpha value is -1.76. The van der Waals surface area contributed by atoms with Crippen LogP contribution in [0, 0.1) is 16.0 Å². The molecule has 0 aliphatic heterocycles. The minimum atomic E-state index is -0.531. The van der Waals surface area contributed by atoms with Crippen LogP contribution < -0.4 is 5.32 Å². The van der Waals surface area contributed by atoms with Gasteiger partial charge in [-0.05, 0) is 25.2 Å². The second-order valence-corrected chi connectivity index (χ2v) is 4.24. The summed E-state index contributed by atoms with van der Waals surface area (Å²) in [4.78, 5) is 17.6. The van der Waals surface area contributed by atoms with E-state index in [1.165, 1.54) is 12.4 Å². The fraction of sp³-hybridized carbons (Fsp3) is 0.600. The quantitative estimate of drug-likeness (QED) is 0.598. The van der Waals surface area contributed by atoms with Gasteiger partial charge in [0, 0.05) is 6.54 Å². The first-order valence-electron chi connectivity index (χ1n) is 5.53. The maximum Gasteiger partial charge on any atom is 0.305 e. The lowest BCUT2D eigenvalue weighted by Gasteiger charge is -2.09. The molecule has 1 aromatic rings. The van der Waals surface area contributed by atoms with E-state index in [1.807, 2.05) is 0 Å². The van der Waals surface area contributed by atoms with Gasteiger partial charge in [-0.1, -0.05) is 0 Å². The highest BCUT2D eigenvalue weighted by atomic mass is 16.6. The standard InChI is InChI=1S/C10H14N4O3/c15-9-2-1-7(3-9)4-11-10-12-5-8(6-13-10)14(16)17/h5-7,9,15H,1-4H2,(H,11,12,13). The first-order chi connectivity index (χ1) is 8.15. The van der Waals surface area contributed by atoms with Gasteiger partial charge in [0.1, 0.15) is 12.4 Å². The van der Waals surface area contributed by atoms with E-state index in [9.17, 15) is 15.2 Å². The lowest BCUT2D eigenvalue weighted by molar-refractivity contribution is -0.385. The van der Waals surface area contributed by atoms with Crippen LogP contribution in [0.1, 0.15) is 19.3 Å². The monoisotopic (exact) mass is 238 g/mol. The molecule has 0 amide bonds. The molecule has 1 aliphatic rings. The van der Waals surface area contributed by atoms with Crippen molar-refractivity contribution in [1.29, 1.82) is 0 Å². The Bertz CT molecular complexity index is 395. The van der Waals surface area contributed by atoms with Gasteiger partial charge in [0.25, 0.3) is 0 Å². The van der Waals surface area contributed by atoms with Gasteiger partial charge in [-0.2, -0.15) is 0 Å². The number of anilines is 1. The second kappa shape index (κ2) is 5.05. The van der Waals surface area contributed by atoms with Crippen molar-refractivity contribution in [2.75, 3.05) is 11.9 Å². The van der Waals surface area contributed by atoms with Gasteiger partial charge in [-0.3, -0.25) is 10.1 Å². The molecule has 1 aromatic heterocycles. The average Bonchev–Trinajstić information content (AvgIpc) is 2.73. The number of aliphatic hydroxyl groups is 1. The van der Waals surface area contributed by atoms with Crippen molar-refractivity contribution >= 4 is 11.6 Å². The van der Waals surface area contributed by atoms with Crippen LogP contribution in [0.2, 0.25) is 0 Å². The molecule has 1 fully saturated rings. The first-order valence-corrected chi connectivity index (χ1v) is 5.53. The van der Waals surface area contributed by atoms with E-state index in [1.54, 1.807) is 0 Å². The molecule has 0 bridgehead atoms. The highest BCUT2D eigenvalue weighted by Crippen LogP contribution is 2.25. The highest BCUT2D eigenvalue weighted by Gasteiger charge is 2.22. The summed E-state index contributed by atoms with van der Waals surface area (Å²) in [7, 11) is 0. The molecule has 1 aliphatic carbocycles. The molecule has 7 nitrogen and oxygen atoms in total. The van der Waals surface area contributed by atoms with Crippen LogP contribution >= 0.6 is 0 Å². The molecule has 0 spiro atoms. The normalized spacial score (nSPS) is 23.6. The van der Waals surface area contributed by atoms with Crippen LogP contribution in [0.15, 0.2) is 12.4 Å². The van der Waals surface area contributed by atoms with Gasteiger partial charge in [-0.15, -0.1) is 0 Å². The van der Waals surface area contributed by atoms with E-state index in [0.717, 1.165) is 19.3 Å². The van der Waals surface area contributed by atoms with Crippen molar-refractivity contribution in [2.45, 2.75) is 25.4 Å². The summed E-state index contributed by atoms with van der Waals surface area (Å²) < 4.78 is 0. The number of hydrogen-bond donors (Lipinski definition) is 2. The molecule has 7 heteroatoms. The fourth-order valence-electron chi connectivity index (χ4n) is 1.98. The Labute approximate surface area is 98.1 Å². The van der Waals surface area contributed by atoms with E-state index < -0.39 is 4.92 Å². The van der Waals surface area contributed by atoms with Gasteiger partial charge in [0.05, 0.1) is 11.0 Å². The number of aliphatic hydroxyl groups excluding tert-OH is 1. The molecular formula is C10H14N4O3. The Morgan fingerprint density at radius 1 is 1.47 bits per heavy atom. The summed E-state index contributed by atoms with van der Waals surface area (Å²) in [5.74, 6) is 0.806. The third-order valence-electron chi connectivity index (χ3n) is 2.91. The maximum atomic E-state index is 10.4. The van der Waals surface area contributed by atoms with E-state index in [-0.39, 0.29) is 11.8 Å². The Kier molecular flexibility index (Phi) is 3.48. The van der Waals surface area contributed by atoms with Crippen LogP contribution in [0.5, 0.6) is 0 Å². The zero-order valence-corrected chi connectivity index (χ0v) is 9.24. The summed E-state index contributed by atoms with van der Waals surface area (Å²) in [6.07, 6.45) is 4.78. The summed E-state index contributed by atoms with van der Waals surface area (Å²) >= 11 is 0. The Morgan fingerprint density at radius 3 is 2.71 bits per heavy atom. The van der Waals surface area contributed by atoms with Crippen molar-refractivity contribution in [2.24, 2.45) is 5.92 Å². The van der Waals surface area contributed by atoms with Crippen LogP contribution in [0.25, 0.3) is 0 Å². The molecule has 1 saturated carbocycles. The molecule has 0 aromatic carbocycles. The van der Waals surface area contributed by atoms with E-state index >= 15 is 0 Å². The molecule has 17 heavy (non-hydrogen) atoms. The maximum absolute atomic E-state index is 10.4. The van der Waals surface area contributed by atoms with Crippen molar-refractivity contribution in [3.63, 3.8) is 0 Å². The van der Waals surface area contributed by atoms with Crippen LogP contribution in [-0.4, -0.2) is 32.6 Å². The average molecular weight is 238 g/mol. The number of nitro groups is 1. The van der Waals surface area contributed by atoms with Gasteiger partial charge in [0.2, 0.25) is 5.95 Å². The first kappa shape index (κ1) is 11.7. The lowest BCUT2D eigenvalue weighted by Crippen LogP contribution is -2.14. The zero-order chi connectivity index (χ0) is 12.3. The second-order valence-electron chi connectivity index (χ2n) is 4.24. The number of aromatic nitrogens is 2. The molecule has 92 valence electrons. The van der Waals surface area contributed by atoms with Crippen LogP contribution in [-0.2, 0) is 0 Å².